The maximum atomic E-state index is 5.49. The van der Waals surface area contributed by atoms with Gasteiger partial charge in [-0.1, -0.05) is 19.9 Å². The van der Waals surface area contributed by atoms with E-state index in [0.29, 0.717) is 0 Å². The van der Waals surface area contributed by atoms with Crippen LogP contribution in [0.25, 0.3) is 0 Å². The second-order valence-electron chi connectivity index (χ2n) is 5.61. The molecule has 1 saturated carbocycles. The largest absolute Gasteiger partial charge is 0.497 e. The van der Waals surface area contributed by atoms with Gasteiger partial charge in [0.05, 0.1) is 14.2 Å². The molecule has 0 saturated heterocycles. The zero-order valence-electron chi connectivity index (χ0n) is 11.7. The summed E-state index contributed by atoms with van der Waals surface area (Å²) in [5.41, 5.74) is 1.28. The molecular weight excluding hydrogens is 226 g/mol. The standard InChI is InChI=1S/C15H23NO2/c1-15(2,10-16-11-5-6-11)13-8-7-12(17-3)9-14(13)18-4/h7-9,11,16H,5-6,10H2,1-4H3. The van der Waals surface area contributed by atoms with E-state index >= 15 is 0 Å². The van der Waals surface area contributed by atoms with Gasteiger partial charge in [-0.05, 0) is 18.9 Å². The van der Waals surface area contributed by atoms with Crippen molar-refractivity contribution < 1.29 is 9.47 Å². The van der Waals surface area contributed by atoms with Crippen molar-refractivity contribution in [3.05, 3.63) is 23.8 Å². The Kier molecular flexibility index (Phi) is 3.81. The van der Waals surface area contributed by atoms with Crippen molar-refractivity contribution >= 4 is 0 Å². The number of hydrogen-bond donors (Lipinski definition) is 1. The highest BCUT2D eigenvalue weighted by molar-refractivity contribution is 5.44. The van der Waals surface area contributed by atoms with E-state index in [1.807, 2.05) is 12.1 Å². The van der Waals surface area contributed by atoms with Crippen molar-refractivity contribution in [1.82, 2.24) is 5.32 Å². The highest BCUT2D eigenvalue weighted by Crippen LogP contribution is 2.34. The summed E-state index contributed by atoms with van der Waals surface area (Å²) in [5.74, 6) is 1.73. The molecule has 1 aliphatic rings. The summed E-state index contributed by atoms with van der Waals surface area (Å²) in [6.45, 7) is 5.46. The Balaban J connectivity index is 2.18. The van der Waals surface area contributed by atoms with Gasteiger partial charge in [-0.25, -0.2) is 0 Å². The molecule has 1 N–H and O–H groups in total. The van der Waals surface area contributed by atoms with Gasteiger partial charge in [-0.15, -0.1) is 0 Å². The van der Waals surface area contributed by atoms with Crippen LogP contribution in [-0.4, -0.2) is 26.8 Å². The lowest BCUT2D eigenvalue weighted by Gasteiger charge is -2.28. The maximum Gasteiger partial charge on any atom is 0.126 e. The first-order chi connectivity index (χ1) is 8.56. The zero-order chi connectivity index (χ0) is 13.2. The van der Waals surface area contributed by atoms with Gasteiger partial charge in [0.2, 0.25) is 0 Å². The van der Waals surface area contributed by atoms with E-state index in [1.54, 1.807) is 14.2 Å². The van der Waals surface area contributed by atoms with Crippen LogP contribution in [0, 0.1) is 0 Å². The Bertz CT molecular complexity index is 411. The lowest BCUT2D eigenvalue weighted by atomic mass is 9.83. The van der Waals surface area contributed by atoms with Gasteiger partial charge in [0.1, 0.15) is 11.5 Å². The highest BCUT2D eigenvalue weighted by Gasteiger charge is 2.28. The molecule has 3 heteroatoms. The first-order valence-corrected chi connectivity index (χ1v) is 6.53. The lowest BCUT2D eigenvalue weighted by molar-refractivity contribution is 0.374. The van der Waals surface area contributed by atoms with Crippen LogP contribution in [0.2, 0.25) is 0 Å². The quantitative estimate of drug-likeness (QED) is 0.841. The average Bonchev–Trinajstić information content (AvgIpc) is 3.19. The van der Waals surface area contributed by atoms with Gasteiger partial charge in [-0.2, -0.15) is 0 Å². The van der Waals surface area contributed by atoms with Crippen molar-refractivity contribution in [3.63, 3.8) is 0 Å². The zero-order valence-corrected chi connectivity index (χ0v) is 11.7. The minimum Gasteiger partial charge on any atom is -0.497 e. The SMILES string of the molecule is COc1ccc(C(C)(C)CNC2CC2)c(OC)c1. The minimum absolute atomic E-state index is 0.0558. The third kappa shape index (κ3) is 2.96. The summed E-state index contributed by atoms with van der Waals surface area (Å²) in [6, 6.07) is 6.78. The molecule has 0 radical (unpaired) electrons. The number of methoxy groups -OCH3 is 2. The third-order valence-electron chi connectivity index (χ3n) is 3.55. The van der Waals surface area contributed by atoms with Crippen LogP contribution in [0.15, 0.2) is 18.2 Å². The molecule has 1 aromatic rings. The first kappa shape index (κ1) is 13.2. The van der Waals surface area contributed by atoms with E-state index in [1.165, 1.54) is 18.4 Å². The molecule has 0 amide bonds. The van der Waals surface area contributed by atoms with Crippen molar-refractivity contribution in [2.75, 3.05) is 20.8 Å². The fourth-order valence-electron chi connectivity index (χ4n) is 2.14. The topological polar surface area (TPSA) is 30.5 Å². The number of benzene rings is 1. The molecule has 1 aromatic carbocycles. The third-order valence-corrected chi connectivity index (χ3v) is 3.55. The van der Waals surface area contributed by atoms with Crippen LogP contribution in [0.5, 0.6) is 11.5 Å². The van der Waals surface area contributed by atoms with E-state index in [2.05, 4.69) is 25.2 Å². The number of hydrogen-bond acceptors (Lipinski definition) is 3. The van der Waals surface area contributed by atoms with Crippen LogP contribution < -0.4 is 14.8 Å². The normalized spacial score (nSPS) is 15.6. The fourth-order valence-corrected chi connectivity index (χ4v) is 2.14. The smallest absolute Gasteiger partial charge is 0.126 e. The Labute approximate surface area is 109 Å². The highest BCUT2D eigenvalue weighted by atomic mass is 16.5. The molecule has 0 atom stereocenters. The van der Waals surface area contributed by atoms with Crippen LogP contribution >= 0.6 is 0 Å². The molecule has 1 fully saturated rings. The van der Waals surface area contributed by atoms with Crippen molar-refractivity contribution in [2.45, 2.75) is 38.1 Å². The maximum absolute atomic E-state index is 5.49. The Morgan fingerprint density at radius 1 is 1.22 bits per heavy atom. The Morgan fingerprint density at radius 2 is 1.94 bits per heavy atom. The van der Waals surface area contributed by atoms with E-state index in [0.717, 1.165) is 24.1 Å². The molecule has 100 valence electrons. The number of nitrogens with one attached hydrogen (secondary N) is 1. The van der Waals surface area contributed by atoms with Gasteiger partial charge in [0.25, 0.3) is 0 Å². The summed E-state index contributed by atoms with van der Waals surface area (Å²) in [7, 11) is 3.39. The summed E-state index contributed by atoms with van der Waals surface area (Å²) in [5, 5.41) is 3.59. The second-order valence-corrected chi connectivity index (χ2v) is 5.61. The Hall–Kier alpha value is -1.22. The van der Waals surface area contributed by atoms with E-state index in [4.69, 9.17) is 9.47 Å². The molecule has 0 unspecified atom stereocenters. The predicted molar refractivity (Wildman–Crippen MR) is 73.6 cm³/mol. The van der Waals surface area contributed by atoms with E-state index in [-0.39, 0.29) is 5.41 Å². The summed E-state index contributed by atoms with van der Waals surface area (Å²) < 4.78 is 10.7. The van der Waals surface area contributed by atoms with Crippen LogP contribution in [0.3, 0.4) is 0 Å². The molecule has 0 aromatic heterocycles. The van der Waals surface area contributed by atoms with Gasteiger partial charge in [0, 0.05) is 29.6 Å². The minimum atomic E-state index is 0.0558. The monoisotopic (exact) mass is 249 g/mol. The molecule has 0 spiro atoms. The van der Waals surface area contributed by atoms with Gasteiger partial charge < -0.3 is 14.8 Å². The van der Waals surface area contributed by atoms with Gasteiger partial charge in [0.15, 0.2) is 0 Å². The fraction of sp³-hybridized carbons (Fsp3) is 0.600. The first-order valence-electron chi connectivity index (χ1n) is 6.53. The van der Waals surface area contributed by atoms with Crippen molar-refractivity contribution in [1.29, 1.82) is 0 Å². The molecule has 0 heterocycles. The molecular formula is C15H23NO2. The molecule has 0 aliphatic heterocycles. The molecule has 18 heavy (non-hydrogen) atoms. The van der Waals surface area contributed by atoms with E-state index < -0.39 is 0 Å². The second kappa shape index (κ2) is 5.19. The summed E-state index contributed by atoms with van der Waals surface area (Å²) in [6.07, 6.45) is 2.63. The van der Waals surface area contributed by atoms with Crippen molar-refractivity contribution in [2.24, 2.45) is 0 Å². The number of ether oxygens (including phenoxy) is 2. The number of rotatable bonds is 6. The van der Waals surface area contributed by atoms with E-state index in [9.17, 15) is 0 Å². The summed E-state index contributed by atoms with van der Waals surface area (Å²) >= 11 is 0. The van der Waals surface area contributed by atoms with Crippen LogP contribution in [0.1, 0.15) is 32.3 Å². The molecule has 2 rings (SSSR count). The van der Waals surface area contributed by atoms with Crippen LogP contribution in [0.4, 0.5) is 0 Å². The van der Waals surface area contributed by atoms with Crippen LogP contribution in [-0.2, 0) is 5.41 Å². The lowest BCUT2D eigenvalue weighted by Crippen LogP contribution is -2.34. The van der Waals surface area contributed by atoms with Crippen molar-refractivity contribution in [3.8, 4) is 11.5 Å². The average molecular weight is 249 g/mol. The van der Waals surface area contributed by atoms with Gasteiger partial charge in [-0.3, -0.25) is 0 Å². The molecule has 3 nitrogen and oxygen atoms in total. The predicted octanol–water partition coefficient (Wildman–Crippen LogP) is 2.73. The van der Waals surface area contributed by atoms with Gasteiger partial charge >= 0.3 is 0 Å². The molecule has 0 bridgehead atoms. The molecule has 1 aliphatic carbocycles. The Morgan fingerprint density at radius 3 is 2.50 bits per heavy atom. The summed E-state index contributed by atoms with van der Waals surface area (Å²) in [4.78, 5) is 0.